The fourth-order valence-electron chi connectivity index (χ4n) is 3.10. The second-order valence-corrected chi connectivity index (χ2v) is 6.80. The molecule has 2 aromatic heterocycles. The maximum absolute atomic E-state index is 12.0. The first-order chi connectivity index (χ1) is 15.8. The standard InChI is InChI=1S/C21H26N4O7/c26-21-19-20(22-14-23-21)25(15-24-19)16-1-2-17-18(13-16)32-12-10-30-8-6-28-4-3-27-5-7-29-9-11-31-17/h1-2,13-15H,3-12H2,(H,22,23,26). The maximum atomic E-state index is 12.0. The van der Waals surface area contributed by atoms with E-state index in [1.165, 1.54) is 6.33 Å². The summed E-state index contributed by atoms with van der Waals surface area (Å²) in [6, 6.07) is 5.47. The molecule has 0 amide bonds. The Morgan fingerprint density at radius 3 is 2.00 bits per heavy atom. The summed E-state index contributed by atoms with van der Waals surface area (Å²) in [5.41, 5.74) is 1.16. The van der Waals surface area contributed by atoms with Gasteiger partial charge in [-0.3, -0.25) is 9.36 Å². The molecular weight excluding hydrogens is 420 g/mol. The van der Waals surface area contributed by atoms with Crippen LogP contribution in [-0.2, 0) is 18.9 Å². The van der Waals surface area contributed by atoms with E-state index in [0.717, 1.165) is 5.69 Å². The highest BCUT2D eigenvalue weighted by Gasteiger charge is 2.13. The number of nitrogens with zero attached hydrogens (tertiary/aromatic N) is 3. The van der Waals surface area contributed by atoms with E-state index in [9.17, 15) is 4.79 Å². The van der Waals surface area contributed by atoms with Crippen LogP contribution in [0.2, 0.25) is 0 Å². The van der Waals surface area contributed by atoms with Gasteiger partial charge in [-0.2, -0.15) is 0 Å². The van der Waals surface area contributed by atoms with Crippen molar-refractivity contribution in [2.24, 2.45) is 0 Å². The molecule has 3 heterocycles. The molecule has 1 N–H and O–H groups in total. The Kier molecular flexibility index (Phi) is 8.04. The van der Waals surface area contributed by atoms with Crippen LogP contribution in [0.5, 0.6) is 11.5 Å². The van der Waals surface area contributed by atoms with Gasteiger partial charge in [-0.15, -0.1) is 0 Å². The second kappa shape index (κ2) is 11.6. The summed E-state index contributed by atoms with van der Waals surface area (Å²) in [7, 11) is 0. The monoisotopic (exact) mass is 446 g/mol. The van der Waals surface area contributed by atoms with Gasteiger partial charge in [0.05, 0.1) is 64.9 Å². The summed E-state index contributed by atoms with van der Waals surface area (Å²) in [4.78, 5) is 22.9. The number of hydrogen-bond acceptors (Lipinski definition) is 9. The minimum atomic E-state index is -0.295. The van der Waals surface area contributed by atoms with Crippen LogP contribution < -0.4 is 15.0 Å². The van der Waals surface area contributed by atoms with Gasteiger partial charge in [-0.1, -0.05) is 0 Å². The quantitative estimate of drug-likeness (QED) is 0.583. The smallest absolute Gasteiger partial charge is 0.278 e. The van der Waals surface area contributed by atoms with Crippen LogP contribution in [0.3, 0.4) is 0 Å². The highest BCUT2D eigenvalue weighted by Crippen LogP contribution is 2.30. The molecule has 0 spiro atoms. The van der Waals surface area contributed by atoms with Gasteiger partial charge in [0.15, 0.2) is 22.7 Å². The molecular formula is C21H26N4O7. The summed E-state index contributed by atoms with van der Waals surface area (Å²) in [5.74, 6) is 1.12. The zero-order chi connectivity index (χ0) is 22.0. The van der Waals surface area contributed by atoms with Gasteiger partial charge in [0, 0.05) is 6.07 Å². The van der Waals surface area contributed by atoms with Gasteiger partial charge >= 0.3 is 0 Å². The predicted octanol–water partition coefficient (Wildman–Crippen LogP) is 0.946. The van der Waals surface area contributed by atoms with Crippen molar-refractivity contribution in [3.05, 3.63) is 41.2 Å². The molecule has 32 heavy (non-hydrogen) atoms. The van der Waals surface area contributed by atoms with Crippen molar-refractivity contribution in [2.75, 3.05) is 66.1 Å². The molecule has 0 unspecified atom stereocenters. The van der Waals surface area contributed by atoms with E-state index in [2.05, 4.69) is 15.0 Å². The van der Waals surface area contributed by atoms with E-state index in [1.807, 2.05) is 12.1 Å². The van der Waals surface area contributed by atoms with Crippen LogP contribution in [0.25, 0.3) is 16.9 Å². The predicted molar refractivity (Wildman–Crippen MR) is 114 cm³/mol. The lowest BCUT2D eigenvalue weighted by molar-refractivity contribution is -0.00841. The Labute approximate surface area is 184 Å². The van der Waals surface area contributed by atoms with Crippen LogP contribution >= 0.6 is 0 Å². The van der Waals surface area contributed by atoms with Crippen LogP contribution in [-0.4, -0.2) is 85.6 Å². The van der Waals surface area contributed by atoms with Crippen molar-refractivity contribution in [3.8, 4) is 17.2 Å². The van der Waals surface area contributed by atoms with Crippen molar-refractivity contribution < 1.29 is 28.4 Å². The number of H-pyrrole nitrogens is 1. The van der Waals surface area contributed by atoms with Crippen LogP contribution in [0.4, 0.5) is 0 Å². The van der Waals surface area contributed by atoms with Crippen molar-refractivity contribution in [1.29, 1.82) is 0 Å². The number of nitrogens with one attached hydrogen (secondary N) is 1. The number of aromatic nitrogens is 4. The first-order valence-electron chi connectivity index (χ1n) is 10.4. The molecule has 0 saturated heterocycles. The lowest BCUT2D eigenvalue weighted by Gasteiger charge is -2.15. The number of aromatic amines is 1. The van der Waals surface area contributed by atoms with E-state index in [4.69, 9.17) is 28.4 Å². The number of hydrogen-bond donors (Lipinski definition) is 1. The number of rotatable bonds is 1. The number of imidazole rings is 1. The summed E-state index contributed by atoms with van der Waals surface area (Å²) < 4.78 is 35.5. The Morgan fingerprint density at radius 1 is 0.750 bits per heavy atom. The SMILES string of the molecule is O=c1[nH]cnc2c1ncn2-c1ccc2c(c1)OCCOCCOCCOCCOCCO2. The van der Waals surface area contributed by atoms with E-state index < -0.39 is 0 Å². The largest absolute Gasteiger partial charge is 0.487 e. The van der Waals surface area contributed by atoms with Gasteiger partial charge < -0.3 is 33.4 Å². The van der Waals surface area contributed by atoms with E-state index in [0.29, 0.717) is 83.2 Å². The number of fused-ring (bicyclic) bond motifs is 2. The van der Waals surface area contributed by atoms with Crippen LogP contribution in [0.1, 0.15) is 0 Å². The molecule has 11 nitrogen and oxygen atoms in total. The fraction of sp³-hybridized carbons (Fsp3) is 0.476. The molecule has 11 heteroatoms. The first-order valence-corrected chi connectivity index (χ1v) is 10.4. The average molecular weight is 446 g/mol. The molecule has 1 aliphatic rings. The maximum Gasteiger partial charge on any atom is 0.278 e. The summed E-state index contributed by atoms with van der Waals surface area (Å²) in [5, 5.41) is 0. The Morgan fingerprint density at radius 2 is 1.34 bits per heavy atom. The van der Waals surface area contributed by atoms with E-state index in [1.54, 1.807) is 17.0 Å². The topological polar surface area (TPSA) is 119 Å². The zero-order valence-corrected chi connectivity index (χ0v) is 17.7. The molecule has 1 aliphatic heterocycles. The third kappa shape index (κ3) is 5.82. The van der Waals surface area contributed by atoms with Gasteiger partial charge in [0.1, 0.15) is 19.5 Å². The van der Waals surface area contributed by atoms with Gasteiger partial charge in [0.2, 0.25) is 0 Å². The van der Waals surface area contributed by atoms with E-state index >= 15 is 0 Å². The molecule has 0 fully saturated rings. The Bertz CT molecular complexity index is 1050. The molecule has 4 rings (SSSR count). The lowest BCUT2D eigenvalue weighted by Crippen LogP contribution is -2.16. The van der Waals surface area contributed by atoms with Crippen LogP contribution in [0, 0.1) is 0 Å². The molecule has 0 atom stereocenters. The van der Waals surface area contributed by atoms with Gasteiger partial charge in [-0.05, 0) is 12.1 Å². The molecule has 0 radical (unpaired) electrons. The van der Waals surface area contributed by atoms with Gasteiger partial charge in [0.25, 0.3) is 5.56 Å². The molecule has 3 aromatic rings. The first kappa shape index (κ1) is 22.2. The van der Waals surface area contributed by atoms with Gasteiger partial charge in [-0.25, -0.2) is 9.97 Å². The Balaban J connectivity index is 1.50. The summed E-state index contributed by atoms with van der Waals surface area (Å²) in [6.45, 7) is 4.49. The highest BCUT2D eigenvalue weighted by atomic mass is 16.6. The fourth-order valence-corrected chi connectivity index (χ4v) is 3.10. The molecule has 0 saturated carbocycles. The molecule has 0 bridgehead atoms. The number of ether oxygens (including phenoxy) is 6. The zero-order valence-electron chi connectivity index (χ0n) is 17.7. The lowest BCUT2D eigenvalue weighted by atomic mass is 10.2. The average Bonchev–Trinajstić information content (AvgIpc) is 3.24. The number of benzene rings is 1. The Hall–Kier alpha value is -2.99. The van der Waals surface area contributed by atoms with Crippen molar-refractivity contribution in [3.63, 3.8) is 0 Å². The normalized spacial score (nSPS) is 17.5. The van der Waals surface area contributed by atoms with Crippen LogP contribution in [0.15, 0.2) is 35.6 Å². The summed E-state index contributed by atoms with van der Waals surface area (Å²) >= 11 is 0. The highest BCUT2D eigenvalue weighted by molar-refractivity contribution is 5.71. The molecule has 0 aliphatic carbocycles. The van der Waals surface area contributed by atoms with Crippen molar-refractivity contribution >= 4 is 11.2 Å². The molecule has 172 valence electrons. The van der Waals surface area contributed by atoms with Crippen molar-refractivity contribution in [2.45, 2.75) is 0 Å². The van der Waals surface area contributed by atoms with Crippen molar-refractivity contribution in [1.82, 2.24) is 19.5 Å². The third-order valence-corrected chi connectivity index (χ3v) is 4.63. The third-order valence-electron chi connectivity index (χ3n) is 4.63. The minimum Gasteiger partial charge on any atom is -0.487 e. The van der Waals surface area contributed by atoms with E-state index in [-0.39, 0.29) is 11.1 Å². The minimum absolute atomic E-state index is 0.264. The molecule has 1 aromatic carbocycles. The summed E-state index contributed by atoms with van der Waals surface area (Å²) in [6.07, 6.45) is 2.90. The second-order valence-electron chi connectivity index (χ2n) is 6.80.